The van der Waals surface area contributed by atoms with Gasteiger partial charge in [-0.1, -0.05) is 30.5 Å². The predicted molar refractivity (Wildman–Crippen MR) is 65.5 cm³/mol. The molecule has 0 spiro atoms. The van der Waals surface area contributed by atoms with Crippen molar-refractivity contribution in [3.63, 3.8) is 0 Å². The third-order valence-corrected chi connectivity index (χ3v) is 3.89. The van der Waals surface area contributed by atoms with Crippen LogP contribution >= 0.6 is 11.6 Å². The molecule has 1 N–H and O–H groups in total. The molecule has 1 nitrogen and oxygen atoms in total. The minimum atomic E-state index is -0.258. The second-order valence-electron chi connectivity index (χ2n) is 4.64. The fraction of sp³-hybridized carbons (Fsp3) is 0.538. The topological polar surface area (TPSA) is 12.0 Å². The summed E-state index contributed by atoms with van der Waals surface area (Å²) in [4.78, 5) is 0. The Hall–Kier alpha value is -0.600. The Kier molecular flexibility index (Phi) is 3.50. The molecule has 1 aliphatic carbocycles. The van der Waals surface area contributed by atoms with E-state index in [-0.39, 0.29) is 11.2 Å². The summed E-state index contributed by atoms with van der Waals surface area (Å²) >= 11 is 6.17. The average Bonchev–Trinajstić information content (AvgIpc) is 2.67. The SMILES string of the molecule is CNCC1(c2ccc(F)cc2Cl)CCCC1. The van der Waals surface area contributed by atoms with Gasteiger partial charge in [0, 0.05) is 17.0 Å². The molecule has 88 valence electrons. The zero-order valence-electron chi connectivity index (χ0n) is 9.52. The van der Waals surface area contributed by atoms with Crippen molar-refractivity contribution in [2.24, 2.45) is 0 Å². The van der Waals surface area contributed by atoms with E-state index in [1.54, 1.807) is 0 Å². The van der Waals surface area contributed by atoms with E-state index in [0.717, 1.165) is 24.9 Å². The van der Waals surface area contributed by atoms with Gasteiger partial charge in [-0.05, 0) is 37.6 Å². The maximum Gasteiger partial charge on any atom is 0.124 e. The van der Waals surface area contributed by atoms with E-state index < -0.39 is 0 Å². The molecule has 0 radical (unpaired) electrons. The highest BCUT2D eigenvalue weighted by atomic mass is 35.5. The van der Waals surface area contributed by atoms with Crippen LogP contribution in [-0.4, -0.2) is 13.6 Å². The zero-order valence-corrected chi connectivity index (χ0v) is 10.3. The quantitative estimate of drug-likeness (QED) is 0.854. The Morgan fingerprint density at radius 2 is 2.06 bits per heavy atom. The molecule has 0 saturated heterocycles. The molecule has 1 fully saturated rings. The van der Waals surface area contributed by atoms with Crippen LogP contribution in [0.5, 0.6) is 0 Å². The number of hydrogen-bond acceptors (Lipinski definition) is 1. The van der Waals surface area contributed by atoms with Crippen LogP contribution in [0.1, 0.15) is 31.2 Å². The minimum Gasteiger partial charge on any atom is -0.319 e. The van der Waals surface area contributed by atoms with Gasteiger partial charge in [0.1, 0.15) is 5.82 Å². The summed E-state index contributed by atoms with van der Waals surface area (Å²) < 4.78 is 13.0. The first kappa shape index (κ1) is 11.9. The highest BCUT2D eigenvalue weighted by molar-refractivity contribution is 6.31. The molecule has 0 atom stereocenters. The number of benzene rings is 1. The van der Waals surface area contributed by atoms with Gasteiger partial charge >= 0.3 is 0 Å². The van der Waals surface area contributed by atoms with Crippen molar-refractivity contribution in [3.8, 4) is 0 Å². The van der Waals surface area contributed by atoms with E-state index in [0.29, 0.717) is 5.02 Å². The van der Waals surface area contributed by atoms with Crippen LogP contribution in [0.15, 0.2) is 18.2 Å². The third-order valence-electron chi connectivity index (χ3n) is 3.58. The maximum atomic E-state index is 13.0. The minimum absolute atomic E-state index is 0.111. The van der Waals surface area contributed by atoms with Crippen LogP contribution in [-0.2, 0) is 5.41 Å². The Labute approximate surface area is 101 Å². The summed E-state index contributed by atoms with van der Waals surface area (Å²) in [5.74, 6) is -0.258. The molecule has 1 aromatic carbocycles. The van der Waals surface area contributed by atoms with Gasteiger partial charge in [-0.3, -0.25) is 0 Å². The first-order valence-corrected chi connectivity index (χ1v) is 6.16. The predicted octanol–water partition coefficient (Wildman–Crippen LogP) is 3.51. The number of nitrogens with one attached hydrogen (secondary N) is 1. The smallest absolute Gasteiger partial charge is 0.124 e. The van der Waals surface area contributed by atoms with Gasteiger partial charge in [-0.15, -0.1) is 0 Å². The molecule has 0 bridgehead atoms. The first-order chi connectivity index (χ1) is 7.68. The second kappa shape index (κ2) is 4.72. The van der Waals surface area contributed by atoms with Crippen molar-refractivity contribution in [2.75, 3.05) is 13.6 Å². The summed E-state index contributed by atoms with van der Waals surface area (Å²) in [6.45, 7) is 0.915. The first-order valence-electron chi connectivity index (χ1n) is 5.78. The van der Waals surface area contributed by atoms with E-state index in [1.807, 2.05) is 13.1 Å². The molecule has 1 saturated carbocycles. The van der Waals surface area contributed by atoms with E-state index in [4.69, 9.17) is 11.6 Å². The number of rotatable bonds is 3. The monoisotopic (exact) mass is 241 g/mol. The maximum absolute atomic E-state index is 13.0. The third kappa shape index (κ3) is 2.09. The lowest BCUT2D eigenvalue weighted by atomic mass is 9.79. The Balaban J connectivity index is 2.38. The van der Waals surface area contributed by atoms with Gasteiger partial charge in [-0.25, -0.2) is 4.39 Å². The molecule has 3 heteroatoms. The second-order valence-corrected chi connectivity index (χ2v) is 5.05. The lowest BCUT2D eigenvalue weighted by molar-refractivity contribution is 0.420. The van der Waals surface area contributed by atoms with Crippen molar-refractivity contribution < 1.29 is 4.39 Å². The van der Waals surface area contributed by atoms with Crippen LogP contribution in [0.2, 0.25) is 5.02 Å². The standard InChI is InChI=1S/C13H17ClFN/c1-16-9-13(6-2-3-7-13)11-5-4-10(15)8-12(11)14/h4-5,8,16H,2-3,6-7,9H2,1H3. The largest absolute Gasteiger partial charge is 0.319 e. The number of hydrogen-bond donors (Lipinski definition) is 1. The van der Waals surface area contributed by atoms with Crippen LogP contribution in [0, 0.1) is 5.82 Å². The van der Waals surface area contributed by atoms with E-state index >= 15 is 0 Å². The summed E-state index contributed by atoms with van der Waals surface area (Å²) in [6.07, 6.45) is 4.74. The molecule has 0 amide bonds. The van der Waals surface area contributed by atoms with Gasteiger partial charge in [0.15, 0.2) is 0 Å². The Morgan fingerprint density at radius 3 is 2.62 bits per heavy atom. The average molecular weight is 242 g/mol. The van der Waals surface area contributed by atoms with E-state index in [1.165, 1.54) is 25.0 Å². The van der Waals surface area contributed by atoms with E-state index in [2.05, 4.69) is 5.32 Å². The number of halogens is 2. The van der Waals surface area contributed by atoms with E-state index in [9.17, 15) is 4.39 Å². The van der Waals surface area contributed by atoms with Gasteiger partial charge in [0.2, 0.25) is 0 Å². The molecule has 0 heterocycles. The molecule has 0 aromatic heterocycles. The van der Waals surface area contributed by atoms with Gasteiger partial charge in [-0.2, -0.15) is 0 Å². The lowest BCUT2D eigenvalue weighted by Crippen LogP contribution is -2.34. The summed E-state index contributed by atoms with van der Waals surface area (Å²) in [5.41, 5.74) is 1.21. The summed E-state index contributed by atoms with van der Waals surface area (Å²) in [7, 11) is 1.96. The van der Waals surface area contributed by atoms with Gasteiger partial charge in [0.05, 0.1) is 0 Å². The van der Waals surface area contributed by atoms with Crippen molar-refractivity contribution in [1.29, 1.82) is 0 Å². The molecule has 0 unspecified atom stereocenters. The van der Waals surface area contributed by atoms with Crippen LogP contribution < -0.4 is 5.32 Å². The highest BCUT2D eigenvalue weighted by Gasteiger charge is 2.36. The lowest BCUT2D eigenvalue weighted by Gasteiger charge is -2.30. The summed E-state index contributed by atoms with van der Waals surface area (Å²) in [5, 5.41) is 3.81. The summed E-state index contributed by atoms with van der Waals surface area (Å²) in [6, 6.07) is 4.78. The molecular weight excluding hydrogens is 225 g/mol. The molecule has 1 aliphatic rings. The Bertz CT molecular complexity index is 372. The highest BCUT2D eigenvalue weighted by Crippen LogP contribution is 2.43. The molecule has 16 heavy (non-hydrogen) atoms. The van der Waals surface area contributed by atoms with Crippen LogP contribution in [0.3, 0.4) is 0 Å². The fourth-order valence-corrected chi connectivity index (χ4v) is 3.22. The normalized spacial score (nSPS) is 18.9. The number of likely N-dealkylation sites (N-methyl/N-ethyl adjacent to an activating group) is 1. The molecule has 2 rings (SSSR count). The van der Waals surface area contributed by atoms with Crippen LogP contribution in [0.4, 0.5) is 4.39 Å². The van der Waals surface area contributed by atoms with Crippen molar-refractivity contribution in [1.82, 2.24) is 5.32 Å². The Morgan fingerprint density at radius 1 is 1.38 bits per heavy atom. The van der Waals surface area contributed by atoms with Crippen molar-refractivity contribution >= 4 is 11.6 Å². The van der Waals surface area contributed by atoms with Crippen LogP contribution in [0.25, 0.3) is 0 Å². The van der Waals surface area contributed by atoms with Gasteiger partial charge < -0.3 is 5.32 Å². The molecule has 1 aromatic rings. The van der Waals surface area contributed by atoms with Crippen molar-refractivity contribution in [2.45, 2.75) is 31.1 Å². The molecule has 0 aliphatic heterocycles. The van der Waals surface area contributed by atoms with Gasteiger partial charge in [0.25, 0.3) is 0 Å². The zero-order chi connectivity index (χ0) is 11.6. The van der Waals surface area contributed by atoms with Crippen molar-refractivity contribution in [3.05, 3.63) is 34.6 Å². The fourth-order valence-electron chi connectivity index (χ4n) is 2.85. The molecular formula is C13H17ClFN.